The van der Waals surface area contributed by atoms with Crippen LogP contribution in [0.2, 0.25) is 5.02 Å². The topological polar surface area (TPSA) is 21.3 Å². The van der Waals surface area contributed by atoms with E-state index in [-0.39, 0.29) is 0 Å². The molecule has 2 rings (SSSR count). The summed E-state index contributed by atoms with van der Waals surface area (Å²) < 4.78 is 5.29. The van der Waals surface area contributed by atoms with Gasteiger partial charge in [-0.3, -0.25) is 0 Å². The molecular weight excluding hydrogens is 222 g/mol. The van der Waals surface area contributed by atoms with E-state index in [1.165, 1.54) is 19.3 Å². The lowest BCUT2D eigenvalue weighted by Gasteiger charge is -2.11. The lowest BCUT2D eigenvalue weighted by Crippen LogP contribution is -2.16. The molecule has 0 bridgehead atoms. The summed E-state index contributed by atoms with van der Waals surface area (Å²) in [6.45, 7) is 1.86. The maximum atomic E-state index is 6.14. The zero-order chi connectivity index (χ0) is 11.4. The fourth-order valence-corrected chi connectivity index (χ4v) is 2.06. The van der Waals surface area contributed by atoms with Crippen molar-refractivity contribution in [2.45, 2.75) is 25.8 Å². The maximum Gasteiger partial charge on any atom is 0.124 e. The summed E-state index contributed by atoms with van der Waals surface area (Å²) in [5, 5.41) is 4.20. The molecule has 3 heteroatoms. The van der Waals surface area contributed by atoms with Gasteiger partial charge in [0.2, 0.25) is 0 Å². The van der Waals surface area contributed by atoms with Crippen LogP contribution in [0, 0.1) is 5.92 Å². The summed E-state index contributed by atoms with van der Waals surface area (Å²) in [4.78, 5) is 0. The molecule has 0 unspecified atom stereocenters. The molecule has 1 aromatic rings. The first-order chi connectivity index (χ1) is 7.81. The third-order valence-corrected chi connectivity index (χ3v) is 3.38. The highest BCUT2D eigenvalue weighted by Crippen LogP contribution is 2.32. The minimum absolute atomic E-state index is 0.776. The molecule has 0 radical (unpaired) electrons. The first kappa shape index (κ1) is 11.7. The minimum Gasteiger partial charge on any atom is -0.496 e. The average molecular weight is 240 g/mol. The van der Waals surface area contributed by atoms with Crippen LogP contribution >= 0.6 is 11.6 Å². The Balaban J connectivity index is 1.86. The van der Waals surface area contributed by atoms with Crippen molar-refractivity contribution >= 4 is 11.6 Å². The second-order valence-electron chi connectivity index (χ2n) is 4.33. The predicted molar refractivity (Wildman–Crippen MR) is 67.1 cm³/mol. The first-order valence-corrected chi connectivity index (χ1v) is 6.21. The van der Waals surface area contributed by atoms with Crippen LogP contribution < -0.4 is 10.1 Å². The second kappa shape index (κ2) is 5.55. The summed E-state index contributed by atoms with van der Waals surface area (Å²) in [5.74, 6) is 1.84. The van der Waals surface area contributed by atoms with Gasteiger partial charge in [-0.05, 0) is 31.0 Å². The van der Waals surface area contributed by atoms with Gasteiger partial charge in [0, 0.05) is 17.1 Å². The highest BCUT2D eigenvalue weighted by molar-refractivity contribution is 6.31. The van der Waals surface area contributed by atoms with Crippen LogP contribution in [0.3, 0.4) is 0 Å². The van der Waals surface area contributed by atoms with Crippen molar-refractivity contribution in [3.05, 3.63) is 28.8 Å². The Bertz CT molecular complexity index is 350. The van der Waals surface area contributed by atoms with E-state index >= 15 is 0 Å². The summed E-state index contributed by atoms with van der Waals surface area (Å²) in [6, 6.07) is 5.76. The van der Waals surface area contributed by atoms with Crippen molar-refractivity contribution in [2.24, 2.45) is 5.92 Å². The highest BCUT2D eigenvalue weighted by Gasteiger charge is 2.20. The Hall–Kier alpha value is -0.730. The molecule has 0 aliphatic heterocycles. The largest absolute Gasteiger partial charge is 0.496 e. The highest BCUT2D eigenvalue weighted by atomic mass is 35.5. The Morgan fingerprint density at radius 2 is 2.25 bits per heavy atom. The molecule has 88 valence electrons. The van der Waals surface area contributed by atoms with E-state index < -0.39 is 0 Å². The monoisotopic (exact) mass is 239 g/mol. The Labute approximate surface area is 102 Å². The van der Waals surface area contributed by atoms with Crippen molar-refractivity contribution in [3.8, 4) is 5.75 Å². The minimum atomic E-state index is 0.776. The van der Waals surface area contributed by atoms with Crippen molar-refractivity contribution in [1.29, 1.82) is 0 Å². The Kier molecular flexibility index (Phi) is 4.08. The zero-order valence-electron chi connectivity index (χ0n) is 9.63. The van der Waals surface area contributed by atoms with Crippen molar-refractivity contribution < 1.29 is 4.74 Å². The predicted octanol–water partition coefficient (Wildman–Crippen LogP) is 3.24. The SMILES string of the molecule is COc1cccc(Cl)c1CNCCC1CC1. The third kappa shape index (κ3) is 3.13. The van der Waals surface area contributed by atoms with Gasteiger partial charge in [0.15, 0.2) is 0 Å². The fraction of sp³-hybridized carbons (Fsp3) is 0.538. The van der Waals surface area contributed by atoms with Gasteiger partial charge in [-0.15, -0.1) is 0 Å². The Morgan fingerprint density at radius 3 is 2.94 bits per heavy atom. The van der Waals surface area contributed by atoms with Gasteiger partial charge in [0.1, 0.15) is 5.75 Å². The van der Waals surface area contributed by atoms with Crippen LogP contribution in [0.15, 0.2) is 18.2 Å². The van der Waals surface area contributed by atoms with E-state index in [0.29, 0.717) is 0 Å². The summed E-state index contributed by atoms with van der Waals surface area (Å²) in [5.41, 5.74) is 1.06. The molecular formula is C13H18ClNO. The molecule has 0 saturated heterocycles. The lowest BCUT2D eigenvalue weighted by molar-refractivity contribution is 0.407. The smallest absolute Gasteiger partial charge is 0.124 e. The van der Waals surface area contributed by atoms with Gasteiger partial charge >= 0.3 is 0 Å². The molecule has 0 aromatic heterocycles. The number of rotatable bonds is 6. The van der Waals surface area contributed by atoms with Gasteiger partial charge in [0.25, 0.3) is 0 Å². The van der Waals surface area contributed by atoms with Crippen molar-refractivity contribution in [2.75, 3.05) is 13.7 Å². The molecule has 1 aliphatic rings. The standard InChI is InChI=1S/C13H18ClNO/c1-16-13-4-2-3-12(14)11(13)9-15-8-7-10-5-6-10/h2-4,10,15H,5-9H2,1H3. The molecule has 16 heavy (non-hydrogen) atoms. The van der Waals surface area contributed by atoms with E-state index in [1.807, 2.05) is 18.2 Å². The number of hydrogen-bond acceptors (Lipinski definition) is 2. The molecule has 0 atom stereocenters. The summed E-state index contributed by atoms with van der Waals surface area (Å²) in [7, 11) is 1.68. The average Bonchev–Trinajstić information content (AvgIpc) is 3.09. The van der Waals surface area contributed by atoms with Gasteiger partial charge in [-0.2, -0.15) is 0 Å². The first-order valence-electron chi connectivity index (χ1n) is 5.83. The van der Waals surface area contributed by atoms with Crippen LogP contribution in [0.4, 0.5) is 0 Å². The van der Waals surface area contributed by atoms with Crippen molar-refractivity contribution in [3.63, 3.8) is 0 Å². The molecule has 0 heterocycles. The summed E-state index contributed by atoms with van der Waals surface area (Å²) >= 11 is 6.14. The van der Waals surface area contributed by atoms with Crippen molar-refractivity contribution in [1.82, 2.24) is 5.32 Å². The molecule has 2 nitrogen and oxygen atoms in total. The fourth-order valence-electron chi connectivity index (χ4n) is 1.83. The number of hydrogen-bond donors (Lipinski definition) is 1. The van der Waals surface area contributed by atoms with E-state index in [1.54, 1.807) is 7.11 Å². The molecule has 0 amide bonds. The Morgan fingerprint density at radius 1 is 1.44 bits per heavy atom. The van der Waals surface area contributed by atoms with Crippen LogP contribution in [0.25, 0.3) is 0 Å². The van der Waals surface area contributed by atoms with E-state index in [2.05, 4.69) is 5.32 Å². The number of halogens is 1. The third-order valence-electron chi connectivity index (χ3n) is 3.02. The molecule has 1 aliphatic carbocycles. The maximum absolute atomic E-state index is 6.14. The number of nitrogens with one attached hydrogen (secondary N) is 1. The quantitative estimate of drug-likeness (QED) is 0.770. The molecule has 1 saturated carbocycles. The van der Waals surface area contributed by atoms with Gasteiger partial charge < -0.3 is 10.1 Å². The second-order valence-corrected chi connectivity index (χ2v) is 4.74. The van der Waals surface area contributed by atoms with E-state index in [4.69, 9.17) is 16.3 Å². The van der Waals surface area contributed by atoms with Crippen LogP contribution in [-0.2, 0) is 6.54 Å². The zero-order valence-corrected chi connectivity index (χ0v) is 10.4. The molecule has 1 fully saturated rings. The number of methoxy groups -OCH3 is 1. The van der Waals surface area contributed by atoms with Gasteiger partial charge in [-0.25, -0.2) is 0 Å². The molecule has 0 spiro atoms. The number of benzene rings is 1. The normalized spacial score (nSPS) is 15.1. The van der Waals surface area contributed by atoms with Crippen LogP contribution in [0.1, 0.15) is 24.8 Å². The van der Waals surface area contributed by atoms with Crippen LogP contribution in [-0.4, -0.2) is 13.7 Å². The van der Waals surface area contributed by atoms with E-state index in [9.17, 15) is 0 Å². The summed E-state index contributed by atoms with van der Waals surface area (Å²) in [6.07, 6.45) is 4.11. The number of ether oxygens (including phenoxy) is 1. The lowest BCUT2D eigenvalue weighted by atomic mass is 10.2. The van der Waals surface area contributed by atoms with Crippen LogP contribution in [0.5, 0.6) is 5.75 Å². The van der Waals surface area contributed by atoms with Gasteiger partial charge in [-0.1, -0.05) is 30.5 Å². The van der Waals surface area contributed by atoms with E-state index in [0.717, 1.165) is 35.3 Å². The van der Waals surface area contributed by atoms with Gasteiger partial charge in [0.05, 0.1) is 7.11 Å². The molecule has 1 N–H and O–H groups in total. The molecule has 1 aromatic carbocycles.